The van der Waals surface area contributed by atoms with Gasteiger partial charge in [-0.25, -0.2) is 0 Å². The molecular formula is C31H40N6O7S. The lowest BCUT2D eigenvalue weighted by atomic mass is 10.0. The Hall–Kier alpha value is -4.46. The van der Waals surface area contributed by atoms with Crippen LogP contribution in [0.25, 0.3) is 0 Å². The van der Waals surface area contributed by atoms with Crippen molar-refractivity contribution < 1.29 is 28.9 Å². The van der Waals surface area contributed by atoms with Gasteiger partial charge in [0, 0.05) is 30.3 Å². The Labute approximate surface area is 266 Å². The van der Waals surface area contributed by atoms with Crippen LogP contribution in [-0.2, 0) is 25.6 Å². The van der Waals surface area contributed by atoms with Crippen molar-refractivity contribution in [1.82, 2.24) is 21.3 Å². The standard InChI is InChI=1S/C31H40N6O7S/c1-19(2)27-31(42)35-22(28(32)39)12-6-7-16-33-30(41)23(34-26(38)13-8-11-20-9-4-3-5-10-20)18-45-25-15-14-21(29(40)36-27)17-24(25)37(43)44/h3-5,9-10,14-15,17,19,22-23,27H,6-8,11-13,16,18H2,1-2H3,(H2,32,39)(H,33,41)(H,34,38)(H,35,42)(H,36,40)/t22-,23-,27-/m1/s1. The molecule has 0 fully saturated rings. The topological polar surface area (TPSA) is 203 Å². The highest BCUT2D eigenvalue weighted by atomic mass is 32.2. The van der Waals surface area contributed by atoms with E-state index < -0.39 is 46.7 Å². The molecule has 3 atom stereocenters. The Kier molecular flexibility index (Phi) is 13.3. The van der Waals surface area contributed by atoms with E-state index in [9.17, 15) is 34.1 Å². The highest BCUT2D eigenvalue weighted by molar-refractivity contribution is 7.99. The molecule has 4 rings (SSSR count). The zero-order chi connectivity index (χ0) is 32.9. The van der Waals surface area contributed by atoms with Crippen molar-refractivity contribution in [2.24, 2.45) is 11.7 Å². The first-order valence-corrected chi connectivity index (χ1v) is 15.9. The second kappa shape index (κ2) is 17.1. The lowest BCUT2D eigenvalue weighted by Gasteiger charge is -2.24. The summed E-state index contributed by atoms with van der Waals surface area (Å²) in [7, 11) is 0. The van der Waals surface area contributed by atoms with Gasteiger partial charge in [-0.1, -0.05) is 44.2 Å². The van der Waals surface area contributed by atoms with Crippen LogP contribution in [0, 0.1) is 16.0 Å². The van der Waals surface area contributed by atoms with E-state index in [-0.39, 0.29) is 53.1 Å². The smallest absolute Gasteiger partial charge is 0.283 e. The monoisotopic (exact) mass is 640 g/mol. The second-order valence-corrected chi connectivity index (χ2v) is 12.2. The Morgan fingerprint density at radius 1 is 1.07 bits per heavy atom. The van der Waals surface area contributed by atoms with Gasteiger partial charge in [-0.15, -0.1) is 11.8 Å². The summed E-state index contributed by atoms with van der Waals surface area (Å²) in [6.45, 7) is 3.65. The number of rotatable bonds is 8. The molecule has 5 amide bonds. The Balaban J connectivity index is 1.83. The molecule has 2 aliphatic heterocycles. The van der Waals surface area contributed by atoms with Crippen molar-refractivity contribution >= 4 is 47.0 Å². The van der Waals surface area contributed by atoms with E-state index in [1.54, 1.807) is 13.8 Å². The molecule has 0 saturated heterocycles. The van der Waals surface area contributed by atoms with Crippen LogP contribution in [-0.4, -0.2) is 64.9 Å². The molecule has 2 heterocycles. The summed E-state index contributed by atoms with van der Waals surface area (Å²) < 4.78 is 0. The summed E-state index contributed by atoms with van der Waals surface area (Å²) in [5.74, 6) is -3.23. The van der Waals surface area contributed by atoms with E-state index in [1.807, 2.05) is 30.3 Å². The predicted molar refractivity (Wildman–Crippen MR) is 169 cm³/mol. The van der Waals surface area contributed by atoms with E-state index in [2.05, 4.69) is 21.3 Å². The normalized spacial score (nSPS) is 20.2. The molecule has 6 N–H and O–H groups in total. The van der Waals surface area contributed by atoms with Gasteiger partial charge in [0.2, 0.25) is 23.6 Å². The molecule has 45 heavy (non-hydrogen) atoms. The third-order valence-electron chi connectivity index (χ3n) is 7.30. The van der Waals surface area contributed by atoms with Gasteiger partial charge in [-0.05, 0) is 55.7 Å². The molecule has 0 saturated carbocycles. The molecule has 2 aromatic carbocycles. The third kappa shape index (κ3) is 10.9. The summed E-state index contributed by atoms with van der Waals surface area (Å²) in [5.41, 5.74) is 6.20. The van der Waals surface area contributed by atoms with Gasteiger partial charge in [0.05, 0.1) is 9.82 Å². The van der Waals surface area contributed by atoms with Crippen LogP contribution < -0.4 is 27.0 Å². The van der Waals surface area contributed by atoms with E-state index in [0.29, 0.717) is 25.7 Å². The summed E-state index contributed by atoms with van der Waals surface area (Å²) >= 11 is 1.01. The summed E-state index contributed by atoms with van der Waals surface area (Å²) in [4.78, 5) is 75.7. The highest BCUT2D eigenvalue weighted by Gasteiger charge is 2.30. The van der Waals surface area contributed by atoms with Gasteiger partial charge >= 0.3 is 0 Å². The molecule has 0 spiro atoms. The number of fused-ring (bicyclic) bond motifs is 16. The SMILES string of the molecule is CC(C)[C@H]1NC(=O)c2ccc(c([N+](=O)[O-])c2)SC[C@@H](NC(=O)CCCc2ccccc2)C(=O)NCCCC[C@H](C(N)=O)NC1=O. The first kappa shape index (κ1) is 35.0. The number of benzene rings is 2. The van der Waals surface area contributed by atoms with Gasteiger partial charge in [0.1, 0.15) is 18.1 Å². The average molecular weight is 641 g/mol. The van der Waals surface area contributed by atoms with Crippen LogP contribution in [0.15, 0.2) is 53.4 Å². The van der Waals surface area contributed by atoms with E-state index in [0.717, 1.165) is 23.4 Å². The number of primary amides is 1. The van der Waals surface area contributed by atoms with E-state index in [1.165, 1.54) is 12.1 Å². The molecule has 0 aliphatic carbocycles. The number of nitro groups is 1. The second-order valence-electron chi connectivity index (χ2n) is 11.2. The van der Waals surface area contributed by atoms with Crippen LogP contribution in [0.3, 0.4) is 0 Å². The van der Waals surface area contributed by atoms with Crippen molar-refractivity contribution in [1.29, 1.82) is 0 Å². The maximum absolute atomic E-state index is 13.2. The molecule has 242 valence electrons. The van der Waals surface area contributed by atoms with Crippen molar-refractivity contribution in [2.45, 2.75) is 75.4 Å². The van der Waals surface area contributed by atoms with Crippen LogP contribution in [0.5, 0.6) is 0 Å². The van der Waals surface area contributed by atoms with Gasteiger partial charge in [0.25, 0.3) is 11.6 Å². The molecule has 2 aliphatic rings. The number of nitrogens with two attached hydrogens (primary N) is 1. The maximum Gasteiger partial charge on any atom is 0.283 e. The van der Waals surface area contributed by atoms with Crippen molar-refractivity contribution in [2.75, 3.05) is 12.3 Å². The number of amides is 5. The number of nitro benzene ring substituents is 1. The summed E-state index contributed by atoms with van der Waals surface area (Å²) in [6.07, 6.45) is 2.55. The van der Waals surface area contributed by atoms with Crippen LogP contribution in [0.4, 0.5) is 5.69 Å². The fourth-order valence-electron chi connectivity index (χ4n) is 4.76. The first-order chi connectivity index (χ1) is 21.5. The Bertz CT molecular complexity index is 1390. The van der Waals surface area contributed by atoms with Crippen LogP contribution in [0.2, 0.25) is 0 Å². The largest absolute Gasteiger partial charge is 0.368 e. The minimum absolute atomic E-state index is 0.000235. The first-order valence-electron chi connectivity index (χ1n) is 14.9. The van der Waals surface area contributed by atoms with E-state index in [4.69, 9.17) is 5.73 Å². The van der Waals surface area contributed by atoms with Gasteiger partial charge in [0.15, 0.2) is 0 Å². The number of nitrogens with one attached hydrogen (secondary N) is 4. The number of carbonyl (C=O) groups excluding carboxylic acids is 5. The van der Waals surface area contributed by atoms with Crippen LogP contribution >= 0.6 is 11.8 Å². The molecule has 0 aromatic heterocycles. The Morgan fingerprint density at radius 3 is 2.47 bits per heavy atom. The van der Waals surface area contributed by atoms with Crippen molar-refractivity contribution in [3.05, 3.63) is 69.8 Å². The number of nitrogens with zero attached hydrogens (tertiary/aromatic N) is 1. The molecule has 2 bridgehead atoms. The lowest BCUT2D eigenvalue weighted by Crippen LogP contribution is -2.54. The number of carbonyl (C=O) groups is 5. The fraction of sp³-hybridized carbons (Fsp3) is 0.452. The molecule has 0 radical (unpaired) electrons. The summed E-state index contributed by atoms with van der Waals surface area (Å²) in [5, 5.41) is 22.7. The molecular weight excluding hydrogens is 600 g/mol. The van der Waals surface area contributed by atoms with Gasteiger partial charge in [-0.2, -0.15) is 0 Å². The van der Waals surface area contributed by atoms with Gasteiger partial charge < -0.3 is 27.0 Å². The maximum atomic E-state index is 13.2. The molecule has 0 unspecified atom stereocenters. The summed E-state index contributed by atoms with van der Waals surface area (Å²) in [6, 6.07) is 10.6. The fourth-order valence-corrected chi connectivity index (χ4v) is 5.78. The zero-order valence-electron chi connectivity index (χ0n) is 25.4. The minimum atomic E-state index is -1.04. The number of thioether (sulfide) groups is 1. The molecule has 14 heteroatoms. The van der Waals surface area contributed by atoms with Crippen molar-refractivity contribution in [3.63, 3.8) is 0 Å². The van der Waals surface area contributed by atoms with Gasteiger partial charge in [-0.3, -0.25) is 34.1 Å². The van der Waals surface area contributed by atoms with Crippen LogP contribution in [0.1, 0.15) is 61.9 Å². The number of hydrogen-bond acceptors (Lipinski definition) is 8. The predicted octanol–water partition coefficient (Wildman–Crippen LogP) is 2.22. The van der Waals surface area contributed by atoms with Crippen molar-refractivity contribution in [3.8, 4) is 0 Å². The average Bonchev–Trinajstić information content (AvgIpc) is 3.00. The lowest BCUT2D eigenvalue weighted by molar-refractivity contribution is -0.387. The molecule has 2 aromatic rings. The molecule has 13 nitrogen and oxygen atoms in total. The quantitative estimate of drug-likeness (QED) is 0.213. The highest BCUT2D eigenvalue weighted by Crippen LogP contribution is 2.31. The number of aryl methyl sites for hydroxylation is 1. The van der Waals surface area contributed by atoms with E-state index >= 15 is 0 Å². The number of hydrogen-bond donors (Lipinski definition) is 5. The minimum Gasteiger partial charge on any atom is -0.368 e. The Morgan fingerprint density at radius 2 is 1.80 bits per heavy atom. The third-order valence-corrected chi connectivity index (χ3v) is 8.46. The zero-order valence-corrected chi connectivity index (χ0v) is 26.2.